The second kappa shape index (κ2) is 7.04. The molecule has 0 spiro atoms. The predicted octanol–water partition coefficient (Wildman–Crippen LogP) is 4.11. The van der Waals surface area contributed by atoms with Gasteiger partial charge in [0.05, 0.1) is 0 Å². The molecule has 21 heavy (non-hydrogen) atoms. The van der Waals surface area contributed by atoms with Crippen molar-refractivity contribution in [2.24, 2.45) is 0 Å². The fourth-order valence-corrected chi connectivity index (χ4v) is 2.17. The van der Waals surface area contributed by atoms with E-state index in [9.17, 15) is 9.59 Å². The molecule has 0 fully saturated rings. The Labute approximate surface area is 128 Å². The lowest BCUT2D eigenvalue weighted by atomic mass is 10.1. The molecule has 108 valence electrons. The third-order valence-corrected chi connectivity index (χ3v) is 3.34. The van der Waals surface area contributed by atoms with Gasteiger partial charge in [0.2, 0.25) is 5.91 Å². The van der Waals surface area contributed by atoms with Gasteiger partial charge >= 0.3 is 0 Å². The highest BCUT2D eigenvalue weighted by atomic mass is 35.5. The molecule has 0 unspecified atom stereocenters. The lowest BCUT2D eigenvalue weighted by Gasteiger charge is -2.06. The number of hydrogen-bond acceptors (Lipinski definition) is 2. The van der Waals surface area contributed by atoms with Gasteiger partial charge in [0.15, 0.2) is 5.78 Å². The Morgan fingerprint density at radius 1 is 1.10 bits per heavy atom. The van der Waals surface area contributed by atoms with Crippen LogP contribution in [0.25, 0.3) is 0 Å². The molecule has 1 amide bonds. The van der Waals surface area contributed by atoms with E-state index in [-0.39, 0.29) is 11.7 Å². The summed E-state index contributed by atoms with van der Waals surface area (Å²) in [5.41, 5.74) is 2.35. The third kappa shape index (κ3) is 4.72. The first-order chi connectivity index (χ1) is 10.0. The molecule has 0 aromatic heterocycles. The van der Waals surface area contributed by atoms with Crippen molar-refractivity contribution in [2.45, 2.75) is 19.8 Å². The average molecular weight is 302 g/mol. The highest BCUT2D eigenvalue weighted by Crippen LogP contribution is 2.14. The maximum Gasteiger partial charge on any atom is 0.224 e. The van der Waals surface area contributed by atoms with Crippen LogP contribution in [0.4, 0.5) is 5.69 Å². The van der Waals surface area contributed by atoms with Gasteiger partial charge in [-0.2, -0.15) is 0 Å². The third-order valence-electron chi connectivity index (χ3n) is 3.10. The SMILES string of the molecule is CC(=O)c1ccc(NC(=O)CCc2cccc(Cl)c2)cc1. The Balaban J connectivity index is 1.88. The van der Waals surface area contributed by atoms with Crippen molar-refractivity contribution in [1.29, 1.82) is 0 Å². The molecule has 0 atom stereocenters. The fourth-order valence-electron chi connectivity index (χ4n) is 1.96. The molecule has 0 bridgehead atoms. The topological polar surface area (TPSA) is 46.2 Å². The number of benzene rings is 2. The second-order valence-corrected chi connectivity index (χ2v) is 5.25. The van der Waals surface area contributed by atoms with E-state index in [0.29, 0.717) is 29.1 Å². The van der Waals surface area contributed by atoms with E-state index >= 15 is 0 Å². The molecule has 2 aromatic carbocycles. The van der Waals surface area contributed by atoms with Crippen LogP contribution in [0.2, 0.25) is 5.02 Å². The quantitative estimate of drug-likeness (QED) is 0.845. The van der Waals surface area contributed by atoms with Gasteiger partial charge < -0.3 is 5.32 Å². The Morgan fingerprint density at radius 2 is 1.81 bits per heavy atom. The molecule has 0 aliphatic heterocycles. The molecule has 0 saturated heterocycles. The van der Waals surface area contributed by atoms with Crippen LogP contribution < -0.4 is 5.32 Å². The van der Waals surface area contributed by atoms with Crippen LogP contribution >= 0.6 is 11.6 Å². The summed E-state index contributed by atoms with van der Waals surface area (Å²) < 4.78 is 0. The lowest BCUT2D eigenvalue weighted by Crippen LogP contribution is -2.12. The highest BCUT2D eigenvalue weighted by Gasteiger charge is 2.05. The van der Waals surface area contributed by atoms with E-state index in [1.165, 1.54) is 6.92 Å². The Kier molecular flexibility index (Phi) is 5.12. The van der Waals surface area contributed by atoms with Crippen LogP contribution in [0.5, 0.6) is 0 Å². The van der Waals surface area contributed by atoms with E-state index in [1.54, 1.807) is 24.3 Å². The van der Waals surface area contributed by atoms with Crippen molar-refractivity contribution in [1.82, 2.24) is 0 Å². The van der Waals surface area contributed by atoms with Gasteiger partial charge in [-0.15, -0.1) is 0 Å². The van der Waals surface area contributed by atoms with Crippen molar-refractivity contribution in [3.63, 3.8) is 0 Å². The summed E-state index contributed by atoms with van der Waals surface area (Å²) in [6, 6.07) is 14.3. The molecule has 2 aromatic rings. The summed E-state index contributed by atoms with van der Waals surface area (Å²) in [6.45, 7) is 1.51. The zero-order valence-electron chi connectivity index (χ0n) is 11.7. The molecule has 0 saturated carbocycles. The van der Waals surface area contributed by atoms with E-state index < -0.39 is 0 Å². The number of carbonyl (C=O) groups is 2. The normalized spacial score (nSPS) is 10.2. The first-order valence-electron chi connectivity index (χ1n) is 6.70. The molecule has 0 radical (unpaired) electrons. The maximum atomic E-state index is 11.9. The number of amides is 1. The van der Waals surface area contributed by atoms with Gasteiger partial charge in [-0.25, -0.2) is 0 Å². The fraction of sp³-hybridized carbons (Fsp3) is 0.176. The summed E-state index contributed by atoms with van der Waals surface area (Å²) >= 11 is 5.90. The minimum absolute atomic E-state index is 0.00818. The number of aryl methyl sites for hydroxylation is 1. The van der Waals surface area contributed by atoms with Crippen LogP contribution in [-0.2, 0) is 11.2 Å². The lowest BCUT2D eigenvalue weighted by molar-refractivity contribution is -0.116. The summed E-state index contributed by atoms with van der Waals surface area (Å²) in [4.78, 5) is 23.0. The molecule has 1 N–H and O–H groups in total. The van der Waals surface area contributed by atoms with Crippen LogP contribution in [0.1, 0.15) is 29.3 Å². The Bertz CT molecular complexity index is 650. The number of halogens is 1. The van der Waals surface area contributed by atoms with Gasteiger partial charge in [-0.05, 0) is 55.3 Å². The number of rotatable bonds is 5. The molecular formula is C17H16ClNO2. The summed E-state index contributed by atoms with van der Waals surface area (Å²) in [7, 11) is 0. The van der Waals surface area contributed by atoms with Crippen LogP contribution in [-0.4, -0.2) is 11.7 Å². The number of hydrogen-bond donors (Lipinski definition) is 1. The van der Waals surface area contributed by atoms with E-state index in [4.69, 9.17) is 11.6 Å². The van der Waals surface area contributed by atoms with Crippen molar-refractivity contribution in [3.8, 4) is 0 Å². The Hall–Kier alpha value is -2.13. The minimum Gasteiger partial charge on any atom is -0.326 e. The number of Topliss-reactive ketones (excluding diaryl/α,β-unsaturated/α-hetero) is 1. The molecule has 0 aliphatic carbocycles. The van der Waals surface area contributed by atoms with Gasteiger partial charge in [-0.1, -0.05) is 23.7 Å². The van der Waals surface area contributed by atoms with Crippen molar-refractivity contribution < 1.29 is 9.59 Å². The molecule has 0 aliphatic rings. The van der Waals surface area contributed by atoms with Crippen LogP contribution in [0, 0.1) is 0 Å². The van der Waals surface area contributed by atoms with Gasteiger partial charge in [0, 0.05) is 22.7 Å². The molecule has 2 rings (SSSR count). The predicted molar refractivity (Wildman–Crippen MR) is 84.8 cm³/mol. The second-order valence-electron chi connectivity index (χ2n) is 4.81. The molecule has 4 heteroatoms. The molecular weight excluding hydrogens is 286 g/mol. The number of ketones is 1. The molecule has 0 heterocycles. The standard InChI is InChI=1S/C17H16ClNO2/c1-12(20)14-6-8-16(9-7-14)19-17(21)10-5-13-3-2-4-15(18)11-13/h2-4,6-9,11H,5,10H2,1H3,(H,19,21). The van der Waals surface area contributed by atoms with Crippen molar-refractivity contribution in [3.05, 3.63) is 64.7 Å². The zero-order valence-corrected chi connectivity index (χ0v) is 12.5. The summed E-state index contributed by atoms with van der Waals surface area (Å²) in [5, 5.41) is 3.48. The van der Waals surface area contributed by atoms with E-state index in [0.717, 1.165) is 5.56 Å². The van der Waals surface area contributed by atoms with Crippen LogP contribution in [0.15, 0.2) is 48.5 Å². The minimum atomic E-state index is -0.0643. The zero-order chi connectivity index (χ0) is 15.2. The van der Waals surface area contributed by atoms with E-state index in [2.05, 4.69) is 5.32 Å². The summed E-state index contributed by atoms with van der Waals surface area (Å²) in [5.74, 6) is -0.0561. The molecule has 3 nitrogen and oxygen atoms in total. The first kappa shape index (κ1) is 15.3. The van der Waals surface area contributed by atoms with Crippen LogP contribution in [0.3, 0.4) is 0 Å². The number of anilines is 1. The van der Waals surface area contributed by atoms with Gasteiger partial charge in [0.25, 0.3) is 0 Å². The Morgan fingerprint density at radius 3 is 2.43 bits per heavy atom. The first-order valence-corrected chi connectivity index (χ1v) is 7.08. The smallest absolute Gasteiger partial charge is 0.224 e. The van der Waals surface area contributed by atoms with Crippen molar-refractivity contribution >= 4 is 29.0 Å². The van der Waals surface area contributed by atoms with Gasteiger partial charge in [-0.3, -0.25) is 9.59 Å². The van der Waals surface area contributed by atoms with Gasteiger partial charge in [0.1, 0.15) is 0 Å². The maximum absolute atomic E-state index is 11.9. The van der Waals surface area contributed by atoms with Crippen molar-refractivity contribution in [2.75, 3.05) is 5.32 Å². The monoisotopic (exact) mass is 301 g/mol. The summed E-state index contributed by atoms with van der Waals surface area (Å²) in [6.07, 6.45) is 1.02. The number of carbonyl (C=O) groups excluding carboxylic acids is 2. The largest absolute Gasteiger partial charge is 0.326 e. The average Bonchev–Trinajstić information content (AvgIpc) is 2.46. The highest BCUT2D eigenvalue weighted by molar-refractivity contribution is 6.30. The van der Waals surface area contributed by atoms with E-state index in [1.807, 2.05) is 24.3 Å². The number of nitrogens with one attached hydrogen (secondary N) is 1.